The fourth-order valence-electron chi connectivity index (χ4n) is 2.05. The molecule has 1 heterocycles. The Morgan fingerprint density at radius 1 is 1.33 bits per heavy atom. The minimum atomic E-state index is -0.273. The molecule has 1 aliphatic heterocycles. The van der Waals surface area contributed by atoms with Crippen molar-refractivity contribution < 1.29 is 5.11 Å². The lowest BCUT2D eigenvalue weighted by atomic mass is 10.1. The van der Waals surface area contributed by atoms with E-state index in [1.165, 1.54) is 19.4 Å². The molecule has 1 N–H and O–H groups in total. The second kappa shape index (κ2) is 3.75. The average Bonchev–Trinajstić information content (AvgIpc) is 2.66. The van der Waals surface area contributed by atoms with Crippen LogP contribution >= 0.6 is 0 Å². The minimum Gasteiger partial charge on any atom is -0.388 e. The molecule has 2 nitrogen and oxygen atoms in total. The van der Waals surface area contributed by atoms with Crippen molar-refractivity contribution in [2.24, 2.45) is 0 Å². The topological polar surface area (TPSA) is 23.5 Å². The van der Waals surface area contributed by atoms with E-state index < -0.39 is 0 Å². The second-order valence-corrected chi connectivity index (χ2v) is 3.74. The predicted molar refractivity (Wildman–Crippen MR) is 51.2 cm³/mol. The molecule has 1 saturated carbocycles. The fourth-order valence-corrected chi connectivity index (χ4v) is 2.05. The number of rotatable bonds is 1. The van der Waals surface area contributed by atoms with E-state index in [-0.39, 0.29) is 5.60 Å². The van der Waals surface area contributed by atoms with Gasteiger partial charge in [-0.15, -0.1) is 0 Å². The summed E-state index contributed by atoms with van der Waals surface area (Å²) in [6.07, 6.45) is 4.53. The molecule has 2 heteroatoms. The summed E-state index contributed by atoms with van der Waals surface area (Å²) in [5.74, 6) is 0. The second-order valence-electron chi connectivity index (χ2n) is 3.74. The highest BCUT2D eigenvalue weighted by molar-refractivity contribution is 5.05. The van der Waals surface area contributed by atoms with Gasteiger partial charge in [-0.25, -0.2) is 0 Å². The van der Waals surface area contributed by atoms with Crippen LogP contribution in [-0.4, -0.2) is 35.2 Å². The van der Waals surface area contributed by atoms with Crippen LogP contribution in [0.3, 0.4) is 0 Å². The van der Waals surface area contributed by atoms with E-state index in [1.54, 1.807) is 0 Å². The molecule has 2 aliphatic rings. The van der Waals surface area contributed by atoms with E-state index in [4.69, 9.17) is 0 Å². The van der Waals surface area contributed by atoms with Gasteiger partial charge in [-0.2, -0.15) is 0 Å². The average molecular weight is 171 g/mol. The first-order valence-corrected chi connectivity index (χ1v) is 5.15. The van der Waals surface area contributed by atoms with Gasteiger partial charge in [0, 0.05) is 6.04 Å². The molecule has 12 heavy (non-hydrogen) atoms. The zero-order chi connectivity index (χ0) is 9.19. The molecule has 0 radical (unpaired) electrons. The third kappa shape index (κ3) is 1.80. The van der Waals surface area contributed by atoms with Crippen LogP contribution in [0.1, 0.15) is 39.5 Å². The summed E-state index contributed by atoms with van der Waals surface area (Å²) >= 11 is 0. The van der Waals surface area contributed by atoms with Crippen molar-refractivity contribution in [1.29, 1.82) is 0 Å². The van der Waals surface area contributed by atoms with Gasteiger partial charge in [-0.05, 0) is 39.3 Å². The van der Waals surface area contributed by atoms with Gasteiger partial charge >= 0.3 is 0 Å². The Morgan fingerprint density at radius 3 is 2.25 bits per heavy atom. The van der Waals surface area contributed by atoms with Gasteiger partial charge in [0.1, 0.15) is 0 Å². The summed E-state index contributed by atoms with van der Waals surface area (Å²) in [4.78, 5) is 2.30. The zero-order valence-corrected chi connectivity index (χ0v) is 8.51. The van der Waals surface area contributed by atoms with Crippen molar-refractivity contribution in [3.63, 3.8) is 0 Å². The molecule has 0 spiro atoms. The highest BCUT2D eigenvalue weighted by atomic mass is 16.3. The molecule has 0 bridgehead atoms. The van der Waals surface area contributed by atoms with E-state index in [0.29, 0.717) is 6.04 Å². The van der Waals surface area contributed by atoms with E-state index in [0.717, 1.165) is 12.8 Å². The van der Waals surface area contributed by atoms with Crippen LogP contribution in [0.4, 0.5) is 0 Å². The van der Waals surface area contributed by atoms with E-state index in [1.807, 2.05) is 13.8 Å². The Kier molecular flexibility index (Phi) is 3.13. The molecule has 0 aromatic carbocycles. The molecule has 0 aromatic rings. The maximum atomic E-state index is 9.76. The first-order chi connectivity index (χ1) is 5.72. The number of hydrogen-bond acceptors (Lipinski definition) is 2. The normalized spacial score (nSPS) is 32.5. The highest BCUT2D eigenvalue weighted by Crippen LogP contribution is 2.43. The molecule has 0 unspecified atom stereocenters. The molecule has 1 saturated heterocycles. The molecule has 0 amide bonds. The third-order valence-electron chi connectivity index (χ3n) is 2.90. The third-order valence-corrected chi connectivity index (χ3v) is 2.90. The first kappa shape index (κ1) is 10.0. The van der Waals surface area contributed by atoms with Crippen LogP contribution in [0, 0.1) is 0 Å². The maximum absolute atomic E-state index is 9.76. The Balaban J connectivity index is 0.000000336. The standard InChI is InChI=1S/C8H15NO.C2H6/c1-9-6-2-3-7(9)8(10)4-5-8;1-2/h7,10H,2-6H2,1H3;1-2H3/t7-;/m1./s1. The molecule has 1 aliphatic carbocycles. The van der Waals surface area contributed by atoms with Gasteiger partial charge in [-0.1, -0.05) is 13.8 Å². The summed E-state index contributed by atoms with van der Waals surface area (Å²) in [7, 11) is 2.12. The smallest absolute Gasteiger partial charge is 0.0804 e. The monoisotopic (exact) mass is 171 g/mol. The van der Waals surface area contributed by atoms with Crippen molar-refractivity contribution >= 4 is 0 Å². The van der Waals surface area contributed by atoms with Crippen LogP contribution in [0.2, 0.25) is 0 Å². The molecular weight excluding hydrogens is 150 g/mol. The van der Waals surface area contributed by atoms with Gasteiger partial charge in [0.2, 0.25) is 0 Å². The first-order valence-electron chi connectivity index (χ1n) is 5.15. The quantitative estimate of drug-likeness (QED) is 0.648. The highest BCUT2D eigenvalue weighted by Gasteiger charge is 2.50. The van der Waals surface area contributed by atoms with Crippen LogP contribution < -0.4 is 0 Å². The van der Waals surface area contributed by atoms with Crippen molar-refractivity contribution in [3.05, 3.63) is 0 Å². The largest absolute Gasteiger partial charge is 0.388 e. The van der Waals surface area contributed by atoms with Crippen molar-refractivity contribution in [2.45, 2.75) is 51.2 Å². The van der Waals surface area contributed by atoms with E-state index >= 15 is 0 Å². The van der Waals surface area contributed by atoms with Crippen molar-refractivity contribution in [2.75, 3.05) is 13.6 Å². The Bertz CT molecular complexity index is 143. The summed E-state index contributed by atoms with van der Waals surface area (Å²) in [6, 6.07) is 0.479. The number of hydrogen-bond donors (Lipinski definition) is 1. The Labute approximate surface area is 75.6 Å². The number of likely N-dealkylation sites (N-methyl/N-ethyl adjacent to an activating group) is 1. The summed E-state index contributed by atoms with van der Waals surface area (Å²) in [5, 5.41) is 9.76. The van der Waals surface area contributed by atoms with Gasteiger partial charge in [0.05, 0.1) is 5.60 Å². The molecule has 2 fully saturated rings. The lowest BCUT2D eigenvalue weighted by Crippen LogP contribution is -2.37. The lowest BCUT2D eigenvalue weighted by molar-refractivity contribution is 0.0631. The molecule has 2 rings (SSSR count). The fraction of sp³-hybridized carbons (Fsp3) is 1.00. The summed E-state index contributed by atoms with van der Waals surface area (Å²) in [5.41, 5.74) is -0.273. The Morgan fingerprint density at radius 2 is 1.92 bits per heavy atom. The van der Waals surface area contributed by atoms with Gasteiger partial charge in [0.15, 0.2) is 0 Å². The van der Waals surface area contributed by atoms with Crippen LogP contribution in [0.15, 0.2) is 0 Å². The van der Waals surface area contributed by atoms with Crippen molar-refractivity contribution in [1.82, 2.24) is 4.90 Å². The molecule has 72 valence electrons. The molecule has 0 aromatic heterocycles. The molecular formula is C10H21NO. The predicted octanol–water partition coefficient (Wildman–Crippen LogP) is 1.63. The number of nitrogens with zero attached hydrogens (tertiary/aromatic N) is 1. The molecule has 1 atom stereocenters. The van der Waals surface area contributed by atoms with Crippen molar-refractivity contribution in [3.8, 4) is 0 Å². The zero-order valence-electron chi connectivity index (χ0n) is 8.51. The SMILES string of the molecule is CC.CN1CCC[C@@H]1C1(O)CC1. The Hall–Kier alpha value is -0.0800. The number of aliphatic hydroxyl groups is 1. The summed E-state index contributed by atoms with van der Waals surface area (Å²) in [6.45, 7) is 5.17. The van der Waals surface area contributed by atoms with E-state index in [9.17, 15) is 5.11 Å². The summed E-state index contributed by atoms with van der Waals surface area (Å²) < 4.78 is 0. The maximum Gasteiger partial charge on any atom is 0.0804 e. The lowest BCUT2D eigenvalue weighted by Gasteiger charge is -2.24. The van der Waals surface area contributed by atoms with Crippen LogP contribution in [0.5, 0.6) is 0 Å². The number of likely N-dealkylation sites (tertiary alicyclic amines) is 1. The minimum absolute atomic E-state index is 0.273. The van der Waals surface area contributed by atoms with Gasteiger partial charge < -0.3 is 10.0 Å². The van der Waals surface area contributed by atoms with E-state index in [2.05, 4.69) is 11.9 Å². The van der Waals surface area contributed by atoms with Crippen LogP contribution in [-0.2, 0) is 0 Å². The van der Waals surface area contributed by atoms with Crippen LogP contribution in [0.25, 0.3) is 0 Å². The van der Waals surface area contributed by atoms with Gasteiger partial charge in [-0.3, -0.25) is 0 Å². The van der Waals surface area contributed by atoms with Gasteiger partial charge in [0.25, 0.3) is 0 Å².